The van der Waals surface area contributed by atoms with Crippen LogP contribution >= 0.6 is 11.3 Å². The standard InChI is InChI=1S/C24H25N3O4S/c1-16(2)31-18-8-6-17(7-9-18)21-20(22(28)19-5-3-14-32-19)23(29)24(30)27(21)12-4-11-26-13-10-25-15-26/h3,5-10,13-16,21,29H,4,11-12H2,1-2H3/t21-/m1/s1. The van der Waals surface area contributed by atoms with E-state index < -0.39 is 17.7 Å². The first kappa shape index (κ1) is 21.8. The van der Waals surface area contributed by atoms with Gasteiger partial charge in [-0.25, -0.2) is 4.98 Å². The van der Waals surface area contributed by atoms with Gasteiger partial charge in [0, 0.05) is 25.5 Å². The maximum absolute atomic E-state index is 13.2. The van der Waals surface area contributed by atoms with Crippen molar-refractivity contribution in [3.05, 3.63) is 82.3 Å². The molecule has 3 heterocycles. The summed E-state index contributed by atoms with van der Waals surface area (Å²) in [5, 5.41) is 12.5. The molecule has 1 atom stereocenters. The molecule has 1 aliphatic rings. The number of amides is 1. The number of imidazole rings is 1. The second-order valence-corrected chi connectivity index (χ2v) is 8.81. The van der Waals surface area contributed by atoms with Gasteiger partial charge in [-0.15, -0.1) is 11.3 Å². The van der Waals surface area contributed by atoms with Gasteiger partial charge < -0.3 is 19.3 Å². The van der Waals surface area contributed by atoms with Crippen molar-refractivity contribution in [2.75, 3.05) is 6.54 Å². The third-order valence-electron chi connectivity index (χ3n) is 5.24. The predicted molar refractivity (Wildman–Crippen MR) is 122 cm³/mol. The molecule has 0 bridgehead atoms. The third kappa shape index (κ3) is 4.45. The van der Waals surface area contributed by atoms with Crippen LogP contribution in [0.3, 0.4) is 0 Å². The zero-order valence-electron chi connectivity index (χ0n) is 18.0. The summed E-state index contributed by atoms with van der Waals surface area (Å²) in [6, 6.07) is 10.2. The highest BCUT2D eigenvalue weighted by molar-refractivity contribution is 7.12. The molecule has 0 unspecified atom stereocenters. The van der Waals surface area contributed by atoms with Gasteiger partial charge in [0.05, 0.1) is 28.9 Å². The first-order valence-corrected chi connectivity index (χ1v) is 11.4. The second-order valence-electron chi connectivity index (χ2n) is 7.86. The molecule has 0 radical (unpaired) electrons. The molecule has 0 aliphatic carbocycles. The van der Waals surface area contributed by atoms with E-state index in [4.69, 9.17) is 4.74 Å². The maximum atomic E-state index is 13.2. The first-order valence-electron chi connectivity index (χ1n) is 10.5. The number of aromatic nitrogens is 2. The smallest absolute Gasteiger partial charge is 0.290 e. The number of aryl methyl sites for hydroxylation is 1. The summed E-state index contributed by atoms with van der Waals surface area (Å²) in [6.45, 7) is 4.96. The number of Topliss-reactive ketones (excluding diaryl/α,β-unsaturated/α-hetero) is 1. The summed E-state index contributed by atoms with van der Waals surface area (Å²) in [7, 11) is 0. The topological polar surface area (TPSA) is 84.7 Å². The largest absolute Gasteiger partial charge is 0.503 e. The minimum atomic E-state index is -0.659. The lowest BCUT2D eigenvalue weighted by Gasteiger charge is -2.27. The number of thiophene rings is 1. The van der Waals surface area contributed by atoms with E-state index in [0.29, 0.717) is 30.1 Å². The van der Waals surface area contributed by atoms with E-state index >= 15 is 0 Å². The average Bonchev–Trinajstić information content (AvgIpc) is 3.52. The Morgan fingerprint density at radius 3 is 2.62 bits per heavy atom. The molecule has 1 amide bonds. The van der Waals surface area contributed by atoms with Crippen molar-refractivity contribution in [2.45, 2.75) is 39.0 Å². The number of aliphatic hydroxyl groups excluding tert-OH is 1. The lowest BCUT2D eigenvalue weighted by atomic mass is 9.95. The van der Waals surface area contributed by atoms with Crippen molar-refractivity contribution in [3.63, 3.8) is 0 Å². The van der Waals surface area contributed by atoms with Crippen LogP contribution in [-0.2, 0) is 11.3 Å². The Kier molecular flexibility index (Phi) is 6.41. The van der Waals surface area contributed by atoms with Gasteiger partial charge in [0.25, 0.3) is 5.91 Å². The van der Waals surface area contributed by atoms with E-state index in [1.807, 2.05) is 48.9 Å². The van der Waals surface area contributed by atoms with Crippen LogP contribution in [0.25, 0.3) is 0 Å². The van der Waals surface area contributed by atoms with Crippen molar-refractivity contribution in [1.29, 1.82) is 0 Å². The van der Waals surface area contributed by atoms with Crippen LogP contribution in [0, 0.1) is 0 Å². The number of ketones is 1. The minimum absolute atomic E-state index is 0.0356. The SMILES string of the molecule is CC(C)Oc1ccc([C@@H]2C(C(=O)c3cccs3)=C(O)C(=O)N2CCCn2ccnc2)cc1. The molecule has 0 saturated carbocycles. The number of carbonyl (C=O) groups is 2. The summed E-state index contributed by atoms with van der Waals surface area (Å²) in [6.07, 6.45) is 5.97. The number of rotatable bonds is 9. The quantitative estimate of drug-likeness (QED) is 0.488. The third-order valence-corrected chi connectivity index (χ3v) is 6.10. The Morgan fingerprint density at radius 2 is 2.00 bits per heavy atom. The molecular weight excluding hydrogens is 426 g/mol. The Balaban J connectivity index is 1.64. The van der Waals surface area contributed by atoms with Gasteiger partial charge in [0.15, 0.2) is 5.76 Å². The van der Waals surface area contributed by atoms with Crippen LogP contribution in [0.5, 0.6) is 5.75 Å². The summed E-state index contributed by atoms with van der Waals surface area (Å²) in [4.78, 5) is 32.3. The van der Waals surface area contributed by atoms with Crippen molar-refractivity contribution >= 4 is 23.0 Å². The molecule has 7 nitrogen and oxygen atoms in total. The molecule has 0 spiro atoms. The number of benzene rings is 1. The van der Waals surface area contributed by atoms with E-state index in [2.05, 4.69) is 4.98 Å². The number of ether oxygens (including phenoxy) is 1. The summed E-state index contributed by atoms with van der Waals surface area (Å²) >= 11 is 1.29. The normalized spacial score (nSPS) is 16.3. The van der Waals surface area contributed by atoms with Crippen molar-refractivity contribution in [1.82, 2.24) is 14.5 Å². The van der Waals surface area contributed by atoms with Crippen LogP contribution in [0.2, 0.25) is 0 Å². The Hall–Kier alpha value is -3.39. The molecule has 1 aromatic carbocycles. The van der Waals surface area contributed by atoms with Gasteiger partial charge in [-0.05, 0) is 49.4 Å². The molecule has 3 aromatic rings. The van der Waals surface area contributed by atoms with E-state index in [-0.39, 0.29) is 17.5 Å². The van der Waals surface area contributed by atoms with Gasteiger partial charge >= 0.3 is 0 Å². The molecule has 1 aliphatic heterocycles. The number of hydrogen-bond donors (Lipinski definition) is 1. The van der Waals surface area contributed by atoms with E-state index in [9.17, 15) is 14.7 Å². The maximum Gasteiger partial charge on any atom is 0.290 e. The highest BCUT2D eigenvalue weighted by atomic mass is 32.1. The Morgan fingerprint density at radius 1 is 1.22 bits per heavy atom. The van der Waals surface area contributed by atoms with E-state index in [0.717, 1.165) is 5.56 Å². The fraction of sp³-hybridized carbons (Fsp3) is 0.292. The number of hydrogen-bond acceptors (Lipinski definition) is 6. The van der Waals surface area contributed by atoms with Gasteiger partial charge in [-0.2, -0.15) is 0 Å². The van der Waals surface area contributed by atoms with Gasteiger partial charge in [-0.1, -0.05) is 18.2 Å². The molecular formula is C24H25N3O4S. The first-order chi connectivity index (χ1) is 15.5. The molecule has 2 aromatic heterocycles. The molecule has 166 valence electrons. The van der Waals surface area contributed by atoms with Gasteiger partial charge in [0.2, 0.25) is 5.78 Å². The molecule has 0 saturated heterocycles. The number of carbonyl (C=O) groups excluding carboxylic acids is 2. The van der Waals surface area contributed by atoms with Gasteiger partial charge in [-0.3, -0.25) is 9.59 Å². The van der Waals surface area contributed by atoms with E-state index in [1.54, 1.807) is 34.9 Å². The van der Waals surface area contributed by atoms with Crippen LogP contribution in [0.4, 0.5) is 0 Å². The zero-order chi connectivity index (χ0) is 22.7. The lowest BCUT2D eigenvalue weighted by molar-refractivity contribution is -0.129. The molecule has 4 rings (SSSR count). The molecule has 0 fully saturated rings. The lowest BCUT2D eigenvalue weighted by Crippen LogP contribution is -2.32. The zero-order valence-corrected chi connectivity index (χ0v) is 18.8. The Bertz CT molecular complexity index is 1100. The van der Waals surface area contributed by atoms with Gasteiger partial charge in [0.1, 0.15) is 5.75 Å². The second kappa shape index (κ2) is 9.40. The fourth-order valence-electron chi connectivity index (χ4n) is 3.85. The summed E-state index contributed by atoms with van der Waals surface area (Å²) in [5.74, 6) is -0.615. The monoisotopic (exact) mass is 451 g/mol. The van der Waals surface area contributed by atoms with Crippen molar-refractivity contribution < 1.29 is 19.4 Å². The number of nitrogens with zero attached hydrogens (tertiary/aromatic N) is 3. The van der Waals surface area contributed by atoms with Crippen LogP contribution in [0.1, 0.15) is 41.5 Å². The van der Waals surface area contributed by atoms with Crippen LogP contribution in [0.15, 0.2) is 71.8 Å². The summed E-state index contributed by atoms with van der Waals surface area (Å²) in [5.41, 5.74) is 0.874. The molecule has 32 heavy (non-hydrogen) atoms. The fourth-order valence-corrected chi connectivity index (χ4v) is 4.52. The van der Waals surface area contributed by atoms with Crippen molar-refractivity contribution in [2.24, 2.45) is 0 Å². The summed E-state index contributed by atoms with van der Waals surface area (Å²) < 4.78 is 7.65. The van der Waals surface area contributed by atoms with Crippen LogP contribution in [-0.4, -0.2) is 43.9 Å². The highest BCUT2D eigenvalue weighted by Crippen LogP contribution is 2.40. The Labute approximate surface area is 190 Å². The van der Waals surface area contributed by atoms with E-state index in [1.165, 1.54) is 11.3 Å². The minimum Gasteiger partial charge on any atom is -0.503 e. The van der Waals surface area contributed by atoms with Crippen LogP contribution < -0.4 is 4.74 Å². The average molecular weight is 452 g/mol. The van der Waals surface area contributed by atoms with Crippen molar-refractivity contribution in [3.8, 4) is 5.75 Å². The molecule has 1 N–H and O–H groups in total. The highest BCUT2D eigenvalue weighted by Gasteiger charge is 2.43. The number of aliphatic hydroxyl groups is 1. The predicted octanol–water partition coefficient (Wildman–Crippen LogP) is 4.40. The molecule has 8 heteroatoms.